The van der Waals surface area contributed by atoms with Crippen LogP contribution in [0.4, 0.5) is 17.1 Å². The third kappa shape index (κ3) is 7.22. The first-order valence-electron chi connectivity index (χ1n) is 11.4. The van der Waals surface area contributed by atoms with Gasteiger partial charge < -0.3 is 20.9 Å². The van der Waals surface area contributed by atoms with Crippen molar-refractivity contribution in [2.24, 2.45) is 5.92 Å². The highest BCUT2D eigenvalue weighted by molar-refractivity contribution is 6.33. The molecule has 1 fully saturated rings. The topological polar surface area (TPSA) is 90.5 Å². The number of carbonyl (C=O) groups is 3. The molecule has 0 saturated carbocycles. The summed E-state index contributed by atoms with van der Waals surface area (Å²) >= 11 is 6.21. The van der Waals surface area contributed by atoms with Gasteiger partial charge in [-0.15, -0.1) is 0 Å². The summed E-state index contributed by atoms with van der Waals surface area (Å²) in [6, 6.07) is 12.0. The average Bonchev–Trinajstić information content (AvgIpc) is 2.80. The summed E-state index contributed by atoms with van der Waals surface area (Å²) < 4.78 is 0. The third-order valence-electron chi connectivity index (χ3n) is 5.65. The summed E-state index contributed by atoms with van der Waals surface area (Å²) in [5, 5.41) is 9.07. The SMILES string of the molecule is CCCC(=O)Nc1ccc(Cl)c(NCC(=O)Nc2ccc(C(=O)N3CCC(C)CC3)cc2)c1. The van der Waals surface area contributed by atoms with Crippen molar-refractivity contribution < 1.29 is 14.4 Å². The molecular formula is C25H31ClN4O3. The van der Waals surface area contributed by atoms with Gasteiger partial charge in [0.15, 0.2) is 0 Å². The van der Waals surface area contributed by atoms with E-state index in [1.807, 2.05) is 11.8 Å². The number of piperidine rings is 1. The minimum Gasteiger partial charge on any atom is -0.375 e. The highest BCUT2D eigenvalue weighted by Gasteiger charge is 2.21. The molecule has 33 heavy (non-hydrogen) atoms. The fraction of sp³-hybridized carbons (Fsp3) is 0.400. The molecular weight excluding hydrogens is 440 g/mol. The number of carbonyl (C=O) groups excluding carboxylic acids is 3. The molecule has 3 amide bonds. The van der Waals surface area contributed by atoms with Crippen molar-refractivity contribution in [1.29, 1.82) is 0 Å². The van der Waals surface area contributed by atoms with E-state index in [9.17, 15) is 14.4 Å². The Morgan fingerprint density at radius 1 is 0.970 bits per heavy atom. The summed E-state index contributed by atoms with van der Waals surface area (Å²) in [7, 11) is 0. The molecule has 2 aromatic carbocycles. The van der Waals surface area contributed by atoms with E-state index < -0.39 is 0 Å². The lowest BCUT2D eigenvalue weighted by atomic mass is 9.98. The number of amides is 3. The third-order valence-corrected chi connectivity index (χ3v) is 5.98. The molecule has 0 spiro atoms. The van der Waals surface area contributed by atoms with E-state index in [1.165, 1.54) is 0 Å². The minimum atomic E-state index is -0.254. The zero-order chi connectivity index (χ0) is 23.8. The maximum absolute atomic E-state index is 12.7. The summed E-state index contributed by atoms with van der Waals surface area (Å²) in [6.45, 7) is 5.73. The van der Waals surface area contributed by atoms with Crippen molar-refractivity contribution in [3.8, 4) is 0 Å². The molecule has 0 aromatic heterocycles. The van der Waals surface area contributed by atoms with Gasteiger partial charge in [0.2, 0.25) is 11.8 Å². The zero-order valence-corrected chi connectivity index (χ0v) is 19.9. The summed E-state index contributed by atoms with van der Waals surface area (Å²) in [5.74, 6) is 0.371. The fourth-order valence-corrected chi connectivity index (χ4v) is 3.84. The number of nitrogens with one attached hydrogen (secondary N) is 3. The number of halogens is 1. The van der Waals surface area contributed by atoms with Crippen molar-refractivity contribution in [2.45, 2.75) is 39.5 Å². The van der Waals surface area contributed by atoms with Crippen molar-refractivity contribution in [1.82, 2.24) is 4.90 Å². The summed E-state index contributed by atoms with van der Waals surface area (Å²) in [5.41, 5.74) is 2.40. The molecule has 176 valence electrons. The second-order valence-corrected chi connectivity index (χ2v) is 8.85. The van der Waals surface area contributed by atoms with Crippen LogP contribution in [0.25, 0.3) is 0 Å². The maximum atomic E-state index is 12.7. The van der Waals surface area contributed by atoms with Gasteiger partial charge in [-0.1, -0.05) is 25.4 Å². The van der Waals surface area contributed by atoms with Crippen LogP contribution < -0.4 is 16.0 Å². The molecule has 0 radical (unpaired) electrons. The second kappa shape index (κ2) is 11.7. The van der Waals surface area contributed by atoms with E-state index in [2.05, 4.69) is 22.9 Å². The Bertz CT molecular complexity index is 986. The van der Waals surface area contributed by atoms with Crippen molar-refractivity contribution in [3.05, 3.63) is 53.1 Å². The molecule has 1 aliphatic rings. The number of anilines is 3. The molecule has 1 heterocycles. The number of nitrogens with zero attached hydrogens (tertiary/aromatic N) is 1. The molecule has 1 aliphatic heterocycles. The van der Waals surface area contributed by atoms with E-state index in [1.54, 1.807) is 42.5 Å². The first-order valence-corrected chi connectivity index (χ1v) is 11.8. The van der Waals surface area contributed by atoms with Gasteiger partial charge in [0, 0.05) is 36.4 Å². The standard InChI is InChI=1S/C25H31ClN4O3/c1-3-4-23(31)29-20-9-10-21(26)22(15-20)27-16-24(32)28-19-7-5-18(6-8-19)25(33)30-13-11-17(2)12-14-30/h5-10,15,17,27H,3-4,11-14,16H2,1-2H3,(H,28,32)(H,29,31). The van der Waals surface area contributed by atoms with Gasteiger partial charge in [-0.3, -0.25) is 14.4 Å². The highest BCUT2D eigenvalue weighted by Crippen LogP contribution is 2.25. The Kier molecular flexibility index (Phi) is 8.72. The van der Waals surface area contributed by atoms with E-state index in [0.29, 0.717) is 40.0 Å². The molecule has 7 nitrogen and oxygen atoms in total. The Morgan fingerprint density at radius 2 is 1.61 bits per heavy atom. The number of benzene rings is 2. The average molecular weight is 471 g/mol. The van der Waals surface area contributed by atoms with Crippen molar-refractivity contribution in [3.63, 3.8) is 0 Å². The van der Waals surface area contributed by atoms with E-state index >= 15 is 0 Å². The van der Waals surface area contributed by atoms with Gasteiger partial charge in [-0.2, -0.15) is 0 Å². The number of hydrogen-bond acceptors (Lipinski definition) is 4. The molecule has 0 atom stereocenters. The molecule has 0 unspecified atom stereocenters. The van der Waals surface area contributed by atoms with E-state index in [-0.39, 0.29) is 24.3 Å². The highest BCUT2D eigenvalue weighted by atomic mass is 35.5. The smallest absolute Gasteiger partial charge is 0.253 e. The fourth-order valence-electron chi connectivity index (χ4n) is 3.66. The first kappa shape index (κ1) is 24.6. The van der Waals surface area contributed by atoms with Gasteiger partial charge in [-0.25, -0.2) is 0 Å². The van der Waals surface area contributed by atoms with Gasteiger partial charge in [0.1, 0.15) is 0 Å². The quantitative estimate of drug-likeness (QED) is 0.506. The lowest BCUT2D eigenvalue weighted by molar-refractivity contribution is -0.116. The number of likely N-dealkylation sites (tertiary alicyclic amines) is 1. The van der Waals surface area contributed by atoms with E-state index in [4.69, 9.17) is 11.6 Å². The second-order valence-electron chi connectivity index (χ2n) is 8.45. The lowest BCUT2D eigenvalue weighted by Crippen LogP contribution is -2.37. The molecule has 3 rings (SSSR count). The van der Waals surface area contributed by atoms with Crippen LogP contribution in [-0.4, -0.2) is 42.3 Å². The van der Waals surface area contributed by atoms with Crippen LogP contribution in [-0.2, 0) is 9.59 Å². The molecule has 1 saturated heterocycles. The van der Waals surface area contributed by atoms with Gasteiger partial charge in [-0.05, 0) is 67.6 Å². The summed E-state index contributed by atoms with van der Waals surface area (Å²) in [4.78, 5) is 38.7. The molecule has 3 N–H and O–H groups in total. The predicted octanol–water partition coefficient (Wildman–Crippen LogP) is 5.00. The molecule has 0 bridgehead atoms. The largest absolute Gasteiger partial charge is 0.375 e. The van der Waals surface area contributed by atoms with Crippen molar-refractivity contribution in [2.75, 3.05) is 35.6 Å². The molecule has 8 heteroatoms. The first-order chi connectivity index (χ1) is 15.9. The monoisotopic (exact) mass is 470 g/mol. The van der Waals surface area contributed by atoms with Crippen LogP contribution in [0.15, 0.2) is 42.5 Å². The van der Waals surface area contributed by atoms with Crippen LogP contribution >= 0.6 is 11.6 Å². The van der Waals surface area contributed by atoms with Gasteiger partial charge in [0.25, 0.3) is 5.91 Å². The van der Waals surface area contributed by atoms with Crippen LogP contribution in [0.5, 0.6) is 0 Å². The Balaban J connectivity index is 1.52. The zero-order valence-electron chi connectivity index (χ0n) is 19.1. The number of rotatable bonds is 8. The minimum absolute atomic E-state index is 0.00127. The van der Waals surface area contributed by atoms with Gasteiger partial charge >= 0.3 is 0 Å². The van der Waals surface area contributed by atoms with Crippen LogP contribution in [0, 0.1) is 5.92 Å². The van der Waals surface area contributed by atoms with Gasteiger partial charge in [0.05, 0.1) is 17.3 Å². The summed E-state index contributed by atoms with van der Waals surface area (Å²) in [6.07, 6.45) is 3.27. The Hall–Kier alpha value is -3.06. The molecule has 0 aliphatic carbocycles. The predicted molar refractivity (Wildman–Crippen MR) is 133 cm³/mol. The maximum Gasteiger partial charge on any atom is 0.253 e. The van der Waals surface area contributed by atoms with Crippen LogP contribution in [0.3, 0.4) is 0 Å². The van der Waals surface area contributed by atoms with Crippen LogP contribution in [0.1, 0.15) is 49.9 Å². The van der Waals surface area contributed by atoms with Crippen LogP contribution in [0.2, 0.25) is 5.02 Å². The Labute approximate surface area is 199 Å². The number of hydrogen-bond donors (Lipinski definition) is 3. The van der Waals surface area contributed by atoms with Crippen molar-refractivity contribution >= 4 is 46.4 Å². The lowest BCUT2D eigenvalue weighted by Gasteiger charge is -2.30. The van der Waals surface area contributed by atoms with E-state index in [0.717, 1.165) is 32.4 Å². The Morgan fingerprint density at radius 3 is 2.27 bits per heavy atom. The normalized spacial score (nSPS) is 14.0. The molecule has 2 aromatic rings.